The van der Waals surface area contributed by atoms with E-state index in [2.05, 4.69) is 20.9 Å². The number of nitrogens with zero attached hydrogens (tertiary/aromatic N) is 1. The van der Waals surface area contributed by atoms with Gasteiger partial charge >= 0.3 is 0 Å². The third kappa shape index (κ3) is 2.47. The minimum Gasteiger partial charge on any atom is -0.456 e. The predicted octanol–water partition coefficient (Wildman–Crippen LogP) is 3.22. The average Bonchev–Trinajstić information content (AvgIpc) is 2.22. The highest BCUT2D eigenvalue weighted by Crippen LogP contribution is 2.28. The summed E-state index contributed by atoms with van der Waals surface area (Å²) in [7, 11) is 0. The van der Waals surface area contributed by atoms with E-state index in [1.165, 1.54) is 0 Å². The summed E-state index contributed by atoms with van der Waals surface area (Å²) in [6.07, 6.45) is 3.36. The first-order chi connectivity index (χ1) is 7.25. The van der Waals surface area contributed by atoms with E-state index in [-0.39, 0.29) is 0 Å². The summed E-state index contributed by atoms with van der Waals surface area (Å²) < 4.78 is 6.44. The number of nitrogen functional groups attached to an aromatic ring is 1. The summed E-state index contributed by atoms with van der Waals surface area (Å²) >= 11 is 3.35. The van der Waals surface area contributed by atoms with Crippen LogP contribution in [0.1, 0.15) is 0 Å². The van der Waals surface area contributed by atoms with Crippen molar-refractivity contribution in [3.63, 3.8) is 0 Å². The smallest absolute Gasteiger partial charge is 0.144 e. The highest BCUT2D eigenvalue weighted by Gasteiger charge is 2.01. The molecule has 0 unspecified atom stereocenters. The number of aromatic nitrogens is 1. The molecule has 1 aromatic heterocycles. The molecule has 1 heterocycles. The average molecular weight is 265 g/mol. The van der Waals surface area contributed by atoms with Crippen LogP contribution >= 0.6 is 15.9 Å². The van der Waals surface area contributed by atoms with Crippen LogP contribution in [0.3, 0.4) is 0 Å². The van der Waals surface area contributed by atoms with E-state index >= 15 is 0 Å². The van der Waals surface area contributed by atoms with Gasteiger partial charge in [-0.25, -0.2) is 0 Å². The molecule has 0 fully saturated rings. The third-order valence-electron chi connectivity index (χ3n) is 1.82. The second kappa shape index (κ2) is 4.31. The number of halogens is 1. The molecule has 0 aliphatic carbocycles. The molecule has 1 aromatic carbocycles. The van der Waals surface area contributed by atoms with Crippen LogP contribution < -0.4 is 10.5 Å². The van der Waals surface area contributed by atoms with E-state index in [4.69, 9.17) is 10.5 Å². The quantitative estimate of drug-likeness (QED) is 0.848. The second-order valence-electron chi connectivity index (χ2n) is 2.98. The maximum atomic E-state index is 5.65. The molecule has 15 heavy (non-hydrogen) atoms. The first-order valence-corrected chi connectivity index (χ1v) is 5.18. The summed E-state index contributed by atoms with van der Waals surface area (Å²) in [5.41, 5.74) is 6.32. The Morgan fingerprint density at radius 1 is 1.27 bits per heavy atom. The molecule has 0 bridgehead atoms. The van der Waals surface area contributed by atoms with Gasteiger partial charge in [-0.15, -0.1) is 0 Å². The van der Waals surface area contributed by atoms with Crippen molar-refractivity contribution in [3.05, 3.63) is 47.2 Å². The zero-order chi connectivity index (χ0) is 10.7. The van der Waals surface area contributed by atoms with E-state index in [1.54, 1.807) is 24.5 Å². The third-order valence-corrected chi connectivity index (χ3v) is 2.42. The Morgan fingerprint density at radius 2 is 2.13 bits per heavy atom. The Labute approximate surface area is 96.0 Å². The number of rotatable bonds is 2. The van der Waals surface area contributed by atoms with Gasteiger partial charge in [0.2, 0.25) is 0 Å². The van der Waals surface area contributed by atoms with Crippen molar-refractivity contribution in [2.45, 2.75) is 0 Å². The van der Waals surface area contributed by atoms with Crippen LogP contribution in [0.2, 0.25) is 0 Å². The molecule has 76 valence electrons. The van der Waals surface area contributed by atoms with E-state index in [1.807, 2.05) is 18.2 Å². The molecule has 0 spiro atoms. The minimum absolute atomic E-state index is 0.678. The molecule has 0 saturated heterocycles. The summed E-state index contributed by atoms with van der Waals surface area (Å²) in [6.45, 7) is 0. The first kappa shape index (κ1) is 9.98. The maximum Gasteiger partial charge on any atom is 0.144 e. The summed E-state index contributed by atoms with van der Waals surface area (Å²) in [4.78, 5) is 3.95. The molecule has 4 heteroatoms. The van der Waals surface area contributed by atoms with Gasteiger partial charge in [0.1, 0.15) is 11.5 Å². The Kier molecular flexibility index (Phi) is 2.87. The number of hydrogen-bond donors (Lipinski definition) is 1. The van der Waals surface area contributed by atoms with Gasteiger partial charge in [-0.1, -0.05) is 6.07 Å². The van der Waals surface area contributed by atoms with Crippen molar-refractivity contribution in [1.82, 2.24) is 4.98 Å². The fourth-order valence-electron chi connectivity index (χ4n) is 1.15. The van der Waals surface area contributed by atoms with Crippen LogP contribution in [0.15, 0.2) is 47.2 Å². The van der Waals surface area contributed by atoms with E-state index in [9.17, 15) is 0 Å². The predicted molar refractivity (Wildman–Crippen MR) is 62.9 cm³/mol. The van der Waals surface area contributed by atoms with Crippen LogP contribution in [0.4, 0.5) is 5.69 Å². The van der Waals surface area contributed by atoms with Crippen molar-refractivity contribution in [1.29, 1.82) is 0 Å². The van der Waals surface area contributed by atoms with Gasteiger partial charge < -0.3 is 10.5 Å². The summed E-state index contributed by atoms with van der Waals surface area (Å²) in [5, 5.41) is 0. The molecule has 0 amide bonds. The van der Waals surface area contributed by atoms with Crippen molar-refractivity contribution in [2.75, 3.05) is 5.73 Å². The molecule has 0 aliphatic heterocycles. The van der Waals surface area contributed by atoms with E-state index in [0.717, 1.165) is 10.2 Å². The summed E-state index contributed by atoms with van der Waals surface area (Å²) in [5.74, 6) is 1.43. The fourth-order valence-corrected chi connectivity index (χ4v) is 1.48. The van der Waals surface area contributed by atoms with Crippen molar-refractivity contribution in [3.8, 4) is 11.5 Å². The van der Waals surface area contributed by atoms with Crippen molar-refractivity contribution in [2.24, 2.45) is 0 Å². The van der Waals surface area contributed by atoms with Crippen LogP contribution in [0, 0.1) is 0 Å². The van der Waals surface area contributed by atoms with Crippen LogP contribution in [-0.4, -0.2) is 4.98 Å². The lowest BCUT2D eigenvalue weighted by Crippen LogP contribution is -1.88. The Balaban J connectivity index is 2.26. The largest absolute Gasteiger partial charge is 0.456 e. The number of pyridine rings is 1. The molecule has 2 aromatic rings. The number of nitrogens with two attached hydrogens (primary N) is 1. The Hall–Kier alpha value is -1.55. The number of benzene rings is 1. The lowest BCUT2D eigenvalue weighted by molar-refractivity contribution is 0.479. The van der Waals surface area contributed by atoms with Gasteiger partial charge in [0, 0.05) is 30.2 Å². The van der Waals surface area contributed by atoms with Gasteiger partial charge in [0.15, 0.2) is 0 Å². The van der Waals surface area contributed by atoms with Gasteiger partial charge in [0.25, 0.3) is 0 Å². The lowest BCUT2D eigenvalue weighted by Gasteiger charge is -2.07. The topological polar surface area (TPSA) is 48.1 Å². The van der Waals surface area contributed by atoms with E-state index in [0.29, 0.717) is 11.4 Å². The molecule has 3 nitrogen and oxygen atoms in total. The maximum absolute atomic E-state index is 5.65. The standard InChI is InChI=1S/C11H9BrN2O/c12-10-7-14-5-4-11(10)15-9-3-1-2-8(13)6-9/h1-7H,13H2. The lowest BCUT2D eigenvalue weighted by atomic mass is 10.3. The zero-order valence-electron chi connectivity index (χ0n) is 7.85. The molecule has 0 aliphatic rings. The zero-order valence-corrected chi connectivity index (χ0v) is 9.44. The normalized spacial score (nSPS) is 9.93. The first-order valence-electron chi connectivity index (χ1n) is 4.38. The molecular weight excluding hydrogens is 256 g/mol. The molecule has 2 rings (SSSR count). The molecule has 0 saturated carbocycles. The molecule has 0 atom stereocenters. The number of anilines is 1. The van der Waals surface area contributed by atoms with Crippen LogP contribution in [0.25, 0.3) is 0 Å². The second-order valence-corrected chi connectivity index (χ2v) is 3.83. The monoisotopic (exact) mass is 264 g/mol. The van der Waals surface area contributed by atoms with Gasteiger partial charge in [-0.05, 0) is 28.1 Å². The SMILES string of the molecule is Nc1cccc(Oc2ccncc2Br)c1. The molecule has 0 radical (unpaired) electrons. The van der Waals surface area contributed by atoms with Gasteiger partial charge in [-0.3, -0.25) is 4.98 Å². The van der Waals surface area contributed by atoms with Gasteiger partial charge in [0.05, 0.1) is 4.47 Å². The van der Waals surface area contributed by atoms with Gasteiger partial charge in [-0.2, -0.15) is 0 Å². The molecular formula is C11H9BrN2O. The van der Waals surface area contributed by atoms with Crippen molar-refractivity contribution >= 4 is 21.6 Å². The van der Waals surface area contributed by atoms with Crippen LogP contribution in [0.5, 0.6) is 11.5 Å². The number of ether oxygens (including phenoxy) is 1. The van der Waals surface area contributed by atoms with Crippen molar-refractivity contribution < 1.29 is 4.74 Å². The van der Waals surface area contributed by atoms with E-state index < -0.39 is 0 Å². The highest BCUT2D eigenvalue weighted by atomic mass is 79.9. The highest BCUT2D eigenvalue weighted by molar-refractivity contribution is 9.10. The molecule has 2 N–H and O–H groups in total. The Bertz CT molecular complexity index is 474. The van der Waals surface area contributed by atoms with Crippen LogP contribution in [-0.2, 0) is 0 Å². The number of hydrogen-bond acceptors (Lipinski definition) is 3. The minimum atomic E-state index is 0.678. The summed E-state index contributed by atoms with van der Waals surface area (Å²) in [6, 6.07) is 9.07. The fraction of sp³-hybridized carbons (Fsp3) is 0. The Morgan fingerprint density at radius 3 is 2.87 bits per heavy atom.